The van der Waals surface area contributed by atoms with E-state index < -0.39 is 24.6 Å². The molecule has 0 amide bonds. The minimum Gasteiger partial charge on any atom is -0.423 e. The summed E-state index contributed by atoms with van der Waals surface area (Å²) in [7, 11) is 0. The predicted molar refractivity (Wildman–Crippen MR) is 179 cm³/mol. The lowest BCUT2D eigenvalue weighted by Crippen LogP contribution is -2.07. The number of benzene rings is 4. The number of carbonyl (C=O) groups excluding carboxylic acids is 3. The molecule has 0 unspecified atom stereocenters. The van der Waals surface area contributed by atoms with Gasteiger partial charge < -0.3 is 14.2 Å². The van der Waals surface area contributed by atoms with E-state index in [2.05, 4.69) is 43.4 Å². The first-order chi connectivity index (χ1) is 22.8. The SMILES string of the molecule is C=CC(=O)Oc1ccc(C#Cc2ccc(-c3cc(CCCF)c(C#Cc4ccc(OC(=O)C=C)cc4)c(OC(=O)C=C)c3)cc2)cc1. The summed E-state index contributed by atoms with van der Waals surface area (Å²) in [4.78, 5) is 35.1. The smallest absolute Gasteiger partial charge is 0.335 e. The third kappa shape index (κ3) is 9.78. The Hall–Kier alpha value is -6.44. The number of esters is 3. The van der Waals surface area contributed by atoms with Crippen LogP contribution in [0.4, 0.5) is 4.39 Å². The van der Waals surface area contributed by atoms with Crippen molar-refractivity contribution in [1.29, 1.82) is 0 Å². The molecule has 0 bridgehead atoms. The fourth-order valence-corrected chi connectivity index (χ4v) is 4.22. The zero-order valence-corrected chi connectivity index (χ0v) is 25.4. The Bertz CT molecular complexity index is 1930. The van der Waals surface area contributed by atoms with Gasteiger partial charge in [0.05, 0.1) is 12.2 Å². The zero-order valence-electron chi connectivity index (χ0n) is 25.4. The average molecular weight is 625 g/mol. The molecule has 0 heterocycles. The number of halogens is 1. The highest BCUT2D eigenvalue weighted by Crippen LogP contribution is 2.32. The molecule has 0 aliphatic carbocycles. The van der Waals surface area contributed by atoms with Gasteiger partial charge in [0.2, 0.25) is 0 Å². The predicted octanol–water partition coefficient (Wildman–Crippen LogP) is 7.33. The number of rotatable bonds is 10. The number of hydrogen-bond acceptors (Lipinski definition) is 6. The summed E-state index contributed by atoms with van der Waals surface area (Å²) in [5.41, 5.74) is 4.85. The van der Waals surface area contributed by atoms with E-state index in [1.54, 1.807) is 54.6 Å². The molecule has 0 N–H and O–H groups in total. The van der Waals surface area contributed by atoms with Crippen molar-refractivity contribution in [2.45, 2.75) is 12.8 Å². The van der Waals surface area contributed by atoms with Gasteiger partial charge in [-0.05, 0) is 102 Å². The van der Waals surface area contributed by atoms with E-state index in [1.165, 1.54) is 0 Å². The van der Waals surface area contributed by atoms with Gasteiger partial charge in [-0.2, -0.15) is 0 Å². The molecule has 7 heteroatoms. The van der Waals surface area contributed by atoms with Gasteiger partial charge in [0.15, 0.2) is 0 Å². The first-order valence-electron chi connectivity index (χ1n) is 14.4. The summed E-state index contributed by atoms with van der Waals surface area (Å²) >= 11 is 0. The van der Waals surface area contributed by atoms with E-state index in [-0.39, 0.29) is 12.2 Å². The van der Waals surface area contributed by atoms with Crippen LogP contribution < -0.4 is 14.2 Å². The standard InChI is InChI=1S/C40H29FO6/c1-4-38(42)45-34-20-13-29(14-21-34)10-9-28-11-18-31(19-12-28)33-26-32(8-7-25-41)36(37(27-33)47-40(44)6-3)24-17-30-15-22-35(23-16-30)46-39(43)5-2/h4-6,11-16,18-23,26-27H,1-3,7-8,25H2. The summed E-state index contributed by atoms with van der Waals surface area (Å²) < 4.78 is 29.1. The molecule has 6 nitrogen and oxygen atoms in total. The molecule has 0 spiro atoms. The first-order valence-corrected chi connectivity index (χ1v) is 14.4. The van der Waals surface area contributed by atoms with Gasteiger partial charge in [-0.3, -0.25) is 4.39 Å². The van der Waals surface area contributed by atoms with Crippen molar-refractivity contribution in [3.8, 4) is 52.1 Å². The van der Waals surface area contributed by atoms with Gasteiger partial charge in [-0.1, -0.05) is 55.6 Å². The Morgan fingerprint density at radius 1 is 0.596 bits per heavy atom. The summed E-state index contributed by atoms with van der Waals surface area (Å²) in [6, 6.07) is 24.5. The van der Waals surface area contributed by atoms with Crippen molar-refractivity contribution in [1.82, 2.24) is 0 Å². The van der Waals surface area contributed by atoms with Gasteiger partial charge in [0.25, 0.3) is 0 Å². The fourth-order valence-electron chi connectivity index (χ4n) is 4.22. The fraction of sp³-hybridized carbons (Fsp3) is 0.0750. The molecule has 0 saturated heterocycles. The second-order valence-electron chi connectivity index (χ2n) is 9.80. The Morgan fingerprint density at radius 3 is 1.51 bits per heavy atom. The van der Waals surface area contributed by atoms with E-state index in [1.807, 2.05) is 30.3 Å². The lowest BCUT2D eigenvalue weighted by Gasteiger charge is -2.14. The molecular formula is C40H29FO6. The van der Waals surface area contributed by atoms with Crippen molar-refractivity contribution in [2.75, 3.05) is 6.67 Å². The van der Waals surface area contributed by atoms with Crippen LogP contribution >= 0.6 is 0 Å². The van der Waals surface area contributed by atoms with Crippen LogP contribution in [0.3, 0.4) is 0 Å². The highest BCUT2D eigenvalue weighted by molar-refractivity contribution is 5.85. The Labute approximate surface area is 272 Å². The Balaban J connectivity index is 1.64. The molecule has 0 atom stereocenters. The molecule has 0 saturated carbocycles. The van der Waals surface area contributed by atoms with Crippen LogP contribution in [0, 0.1) is 23.7 Å². The minimum absolute atomic E-state index is 0.219. The molecule has 47 heavy (non-hydrogen) atoms. The van der Waals surface area contributed by atoms with E-state index in [4.69, 9.17) is 14.2 Å². The van der Waals surface area contributed by atoms with Crippen LogP contribution in [0.2, 0.25) is 0 Å². The molecule has 0 aliphatic heterocycles. The Morgan fingerprint density at radius 2 is 1.04 bits per heavy atom. The van der Waals surface area contributed by atoms with Gasteiger partial charge in [-0.25, -0.2) is 14.4 Å². The molecule has 0 aliphatic rings. The van der Waals surface area contributed by atoms with Gasteiger partial charge in [0.1, 0.15) is 17.2 Å². The largest absolute Gasteiger partial charge is 0.423 e. The second kappa shape index (κ2) is 16.6. The van der Waals surface area contributed by atoms with Crippen LogP contribution in [0.25, 0.3) is 11.1 Å². The second-order valence-corrected chi connectivity index (χ2v) is 9.80. The molecule has 4 aromatic rings. The molecule has 232 valence electrons. The number of ether oxygens (including phenoxy) is 3. The maximum absolute atomic E-state index is 13.3. The Kier molecular flexibility index (Phi) is 11.8. The zero-order chi connectivity index (χ0) is 33.6. The summed E-state index contributed by atoms with van der Waals surface area (Å²) in [5.74, 6) is 11.5. The molecular weight excluding hydrogens is 595 g/mol. The number of hydrogen-bond donors (Lipinski definition) is 0. The van der Waals surface area contributed by atoms with E-state index in [9.17, 15) is 18.8 Å². The third-order valence-electron chi connectivity index (χ3n) is 6.52. The lowest BCUT2D eigenvalue weighted by molar-refractivity contribution is -0.129. The lowest BCUT2D eigenvalue weighted by atomic mass is 9.95. The van der Waals surface area contributed by atoms with E-state index in [0.29, 0.717) is 34.6 Å². The van der Waals surface area contributed by atoms with Crippen LogP contribution in [-0.2, 0) is 20.8 Å². The highest BCUT2D eigenvalue weighted by Gasteiger charge is 2.15. The third-order valence-corrected chi connectivity index (χ3v) is 6.52. The van der Waals surface area contributed by atoms with Crippen LogP contribution in [0.15, 0.2) is 123 Å². The van der Waals surface area contributed by atoms with E-state index >= 15 is 0 Å². The number of carbonyl (C=O) groups is 3. The minimum atomic E-state index is -0.660. The average Bonchev–Trinajstić information content (AvgIpc) is 3.10. The summed E-state index contributed by atoms with van der Waals surface area (Å²) in [6.07, 6.45) is 3.83. The van der Waals surface area contributed by atoms with E-state index in [0.717, 1.165) is 40.5 Å². The quantitative estimate of drug-likeness (QED) is 0.0796. The summed E-state index contributed by atoms with van der Waals surface area (Å²) in [5, 5.41) is 0. The normalized spacial score (nSPS) is 9.81. The van der Waals surface area contributed by atoms with Crippen molar-refractivity contribution in [2.24, 2.45) is 0 Å². The van der Waals surface area contributed by atoms with Crippen molar-refractivity contribution in [3.05, 3.63) is 151 Å². The number of aryl methyl sites for hydroxylation is 1. The van der Waals surface area contributed by atoms with Gasteiger partial charge in [0, 0.05) is 34.9 Å². The highest BCUT2D eigenvalue weighted by atomic mass is 19.1. The summed E-state index contributed by atoms with van der Waals surface area (Å²) in [6.45, 7) is 9.73. The first kappa shape index (κ1) is 33.5. The van der Waals surface area contributed by atoms with Crippen LogP contribution in [0.1, 0.15) is 34.2 Å². The van der Waals surface area contributed by atoms with Gasteiger partial charge in [-0.15, -0.1) is 0 Å². The molecule has 0 fully saturated rings. The van der Waals surface area contributed by atoms with Gasteiger partial charge >= 0.3 is 17.9 Å². The van der Waals surface area contributed by atoms with Crippen LogP contribution in [0.5, 0.6) is 17.2 Å². The van der Waals surface area contributed by atoms with Crippen LogP contribution in [-0.4, -0.2) is 24.6 Å². The molecule has 0 aromatic heterocycles. The molecule has 0 radical (unpaired) electrons. The molecule has 4 aromatic carbocycles. The van der Waals surface area contributed by atoms with Crippen molar-refractivity contribution < 1.29 is 33.0 Å². The van der Waals surface area contributed by atoms with Crippen molar-refractivity contribution in [3.63, 3.8) is 0 Å². The maximum atomic E-state index is 13.3. The number of alkyl halides is 1. The topological polar surface area (TPSA) is 78.9 Å². The van der Waals surface area contributed by atoms with Crippen molar-refractivity contribution >= 4 is 17.9 Å². The monoisotopic (exact) mass is 624 g/mol. The molecule has 4 rings (SSSR count). The maximum Gasteiger partial charge on any atom is 0.335 e.